The van der Waals surface area contributed by atoms with Crippen LogP contribution in [0.15, 0.2) is 0 Å². The van der Waals surface area contributed by atoms with E-state index in [0.717, 1.165) is 0 Å². The molecule has 1 amide bonds. The van der Waals surface area contributed by atoms with Crippen LogP contribution in [-0.2, 0) is 38.0 Å². The summed E-state index contributed by atoms with van der Waals surface area (Å²) in [6.07, 6.45) is -2.50. The third-order valence-corrected chi connectivity index (χ3v) is 6.31. The summed E-state index contributed by atoms with van der Waals surface area (Å²) >= 11 is 0. The summed E-state index contributed by atoms with van der Waals surface area (Å²) in [6, 6.07) is 0. The monoisotopic (exact) mass is 507 g/mol. The van der Waals surface area contributed by atoms with E-state index in [0.29, 0.717) is 26.3 Å². The molecular formula is C23H45N3O9. The Morgan fingerprint density at radius 3 is 1.80 bits per heavy atom. The van der Waals surface area contributed by atoms with Gasteiger partial charge in [-0.05, 0) is 19.6 Å². The lowest BCUT2D eigenvalue weighted by Gasteiger charge is -2.29. The fourth-order valence-corrected chi connectivity index (χ4v) is 4.37. The Bertz CT molecular complexity index is 630. The largest absolute Gasteiger partial charge is 0.481 e. The number of nitrogens with two attached hydrogens (primary N) is 1. The predicted molar refractivity (Wildman–Crippen MR) is 128 cm³/mol. The molecule has 0 aromatic rings. The van der Waals surface area contributed by atoms with Gasteiger partial charge in [0, 0.05) is 41.3 Å². The van der Waals surface area contributed by atoms with Gasteiger partial charge in [-0.3, -0.25) is 9.59 Å². The quantitative estimate of drug-likeness (QED) is 0.321. The third kappa shape index (κ3) is 8.32. The van der Waals surface area contributed by atoms with Crippen molar-refractivity contribution in [3.05, 3.63) is 0 Å². The highest BCUT2D eigenvalue weighted by atomic mass is 16.9. The van der Waals surface area contributed by atoms with Crippen molar-refractivity contribution in [1.29, 1.82) is 0 Å². The van der Waals surface area contributed by atoms with Crippen LogP contribution in [0.1, 0.15) is 27.7 Å². The number of nitrogens with zero attached hydrogens (tertiary/aromatic N) is 1. The number of carboxylic acids is 1. The van der Waals surface area contributed by atoms with E-state index in [1.807, 2.05) is 0 Å². The van der Waals surface area contributed by atoms with Crippen molar-refractivity contribution in [2.75, 3.05) is 67.3 Å². The van der Waals surface area contributed by atoms with Crippen LogP contribution in [0.25, 0.3) is 0 Å². The summed E-state index contributed by atoms with van der Waals surface area (Å²) in [5.74, 6) is -4.53. The molecule has 3 heterocycles. The Morgan fingerprint density at radius 1 is 0.943 bits per heavy atom. The molecule has 206 valence electrons. The molecule has 5 unspecified atom stereocenters. The Labute approximate surface area is 208 Å². The number of nitrogens with one attached hydrogen (secondary N) is 1. The number of methoxy groups -OCH3 is 3. The zero-order valence-electron chi connectivity index (χ0n) is 22.2. The van der Waals surface area contributed by atoms with E-state index in [4.69, 9.17) is 29.4 Å². The van der Waals surface area contributed by atoms with E-state index in [-0.39, 0.29) is 5.91 Å². The summed E-state index contributed by atoms with van der Waals surface area (Å²) in [4.78, 5) is 26.4. The molecule has 2 bridgehead atoms. The second-order valence-corrected chi connectivity index (χ2v) is 8.37. The lowest BCUT2D eigenvalue weighted by Crippen LogP contribution is -2.53. The molecule has 3 aliphatic heterocycles. The smallest absolute Gasteiger partial charge is 0.310 e. The average Bonchev–Trinajstić information content (AvgIpc) is 3.50. The molecule has 0 radical (unpaired) electrons. The predicted octanol–water partition coefficient (Wildman–Crippen LogP) is -0.109. The van der Waals surface area contributed by atoms with Crippen LogP contribution in [0, 0.1) is 11.8 Å². The summed E-state index contributed by atoms with van der Waals surface area (Å²) in [7, 11) is 4.59. The zero-order chi connectivity index (χ0) is 26.6. The minimum atomic E-state index is -1.25. The SMILES string of the molecule is CCN(CC)CC.COCCN.COCCNC(=O)C1C2O[C@@H](C1C(=O)O)[C@H]1OC(C)(OC)OC21. The van der Waals surface area contributed by atoms with Crippen molar-refractivity contribution in [3.8, 4) is 0 Å². The summed E-state index contributed by atoms with van der Waals surface area (Å²) in [5.41, 5.74) is 5.01. The molecule has 3 rings (SSSR count). The fraction of sp³-hybridized carbons (Fsp3) is 0.913. The molecule has 3 saturated heterocycles. The number of amides is 1. The lowest BCUT2D eigenvalue weighted by molar-refractivity contribution is -0.330. The Morgan fingerprint density at radius 2 is 1.46 bits per heavy atom. The molecule has 35 heavy (non-hydrogen) atoms. The summed E-state index contributed by atoms with van der Waals surface area (Å²) < 4.78 is 31.7. The maximum absolute atomic E-state index is 12.4. The average molecular weight is 508 g/mol. The second kappa shape index (κ2) is 15.7. The highest BCUT2D eigenvalue weighted by Crippen LogP contribution is 2.51. The molecular weight excluding hydrogens is 462 g/mol. The summed E-state index contributed by atoms with van der Waals surface area (Å²) in [5, 5.41) is 12.2. The van der Waals surface area contributed by atoms with Gasteiger partial charge < -0.3 is 49.5 Å². The van der Waals surface area contributed by atoms with Crippen molar-refractivity contribution in [2.24, 2.45) is 17.6 Å². The number of aliphatic carboxylic acids is 1. The van der Waals surface area contributed by atoms with Gasteiger partial charge in [-0.15, -0.1) is 0 Å². The molecule has 0 saturated carbocycles. The molecule has 12 heteroatoms. The number of fused-ring (bicyclic) bond motifs is 5. The van der Waals surface area contributed by atoms with E-state index in [1.54, 1.807) is 14.0 Å². The highest BCUT2D eigenvalue weighted by molar-refractivity contribution is 5.87. The molecule has 7 atom stereocenters. The van der Waals surface area contributed by atoms with E-state index in [1.165, 1.54) is 33.9 Å². The maximum atomic E-state index is 12.4. The van der Waals surface area contributed by atoms with Crippen LogP contribution in [0.5, 0.6) is 0 Å². The van der Waals surface area contributed by atoms with E-state index in [2.05, 4.69) is 35.7 Å². The standard InChI is InChI=1S/C14H21NO8.C6H15N.C3H9NO/c1-14(20-3)22-10-8-6(12(16)15-4-5-19-2)7(13(17)18)9(21-8)11(10)23-14;1-4-7(5-2)6-3;1-5-3-2-4/h6-11H,4-5H2,1-3H3,(H,15,16)(H,17,18);4-6H2,1-3H3;2-4H2,1H3/t6?,7?,8?,9-,10?,11+,14?;;/m0../s1. The van der Waals surface area contributed by atoms with Gasteiger partial charge in [0.2, 0.25) is 5.91 Å². The van der Waals surface area contributed by atoms with E-state index >= 15 is 0 Å². The number of rotatable bonds is 11. The molecule has 3 fully saturated rings. The van der Waals surface area contributed by atoms with Crippen LogP contribution in [0.3, 0.4) is 0 Å². The minimum absolute atomic E-state index is 0.302. The van der Waals surface area contributed by atoms with Gasteiger partial charge in [0.15, 0.2) is 0 Å². The van der Waals surface area contributed by atoms with Gasteiger partial charge in [0.1, 0.15) is 18.3 Å². The number of ether oxygens (including phenoxy) is 6. The van der Waals surface area contributed by atoms with Crippen molar-refractivity contribution < 1.29 is 43.1 Å². The molecule has 4 N–H and O–H groups in total. The van der Waals surface area contributed by atoms with Gasteiger partial charge >= 0.3 is 5.97 Å². The molecule has 0 aromatic carbocycles. The topological polar surface area (TPSA) is 151 Å². The number of carbonyl (C=O) groups is 2. The molecule has 0 aromatic heterocycles. The number of hydrogen-bond acceptors (Lipinski definition) is 10. The Hall–Kier alpha value is -1.38. The highest BCUT2D eigenvalue weighted by Gasteiger charge is 2.70. The fourth-order valence-electron chi connectivity index (χ4n) is 4.37. The lowest BCUT2D eigenvalue weighted by atomic mass is 9.76. The maximum Gasteiger partial charge on any atom is 0.310 e. The molecule has 3 aliphatic rings. The molecule has 12 nitrogen and oxygen atoms in total. The van der Waals surface area contributed by atoms with Crippen LogP contribution in [0.4, 0.5) is 0 Å². The Kier molecular flexibility index (Phi) is 14.2. The first-order valence-electron chi connectivity index (χ1n) is 12.1. The molecule has 0 aliphatic carbocycles. The van der Waals surface area contributed by atoms with Crippen molar-refractivity contribution in [2.45, 2.75) is 58.1 Å². The van der Waals surface area contributed by atoms with E-state index in [9.17, 15) is 14.7 Å². The van der Waals surface area contributed by atoms with Crippen LogP contribution in [-0.4, -0.2) is 120 Å². The van der Waals surface area contributed by atoms with Crippen molar-refractivity contribution in [1.82, 2.24) is 10.2 Å². The van der Waals surface area contributed by atoms with Crippen LogP contribution in [0.2, 0.25) is 0 Å². The summed E-state index contributed by atoms with van der Waals surface area (Å²) in [6.45, 7) is 13.7. The first kappa shape index (κ1) is 31.6. The number of carbonyl (C=O) groups excluding carboxylic acids is 1. The van der Waals surface area contributed by atoms with Crippen LogP contribution >= 0.6 is 0 Å². The number of hydrogen-bond donors (Lipinski definition) is 3. The van der Waals surface area contributed by atoms with E-state index < -0.39 is 48.2 Å². The van der Waals surface area contributed by atoms with Gasteiger partial charge in [0.25, 0.3) is 5.97 Å². The van der Waals surface area contributed by atoms with Crippen molar-refractivity contribution in [3.63, 3.8) is 0 Å². The van der Waals surface area contributed by atoms with Gasteiger partial charge in [-0.25, -0.2) is 0 Å². The van der Waals surface area contributed by atoms with Crippen molar-refractivity contribution >= 4 is 11.9 Å². The Balaban J connectivity index is 0.000000425. The molecule has 0 spiro atoms. The second-order valence-electron chi connectivity index (χ2n) is 8.37. The van der Waals surface area contributed by atoms with Gasteiger partial charge in [-0.2, -0.15) is 0 Å². The van der Waals surface area contributed by atoms with Gasteiger partial charge in [0.05, 0.1) is 31.2 Å². The first-order valence-corrected chi connectivity index (χ1v) is 12.1. The third-order valence-electron chi connectivity index (χ3n) is 6.31. The number of carboxylic acid groups (broad SMARTS) is 1. The first-order chi connectivity index (χ1) is 16.7. The zero-order valence-corrected chi connectivity index (χ0v) is 22.2. The normalized spacial score (nSPS) is 32.4. The minimum Gasteiger partial charge on any atom is -0.481 e. The van der Waals surface area contributed by atoms with Crippen LogP contribution < -0.4 is 11.1 Å². The van der Waals surface area contributed by atoms with Gasteiger partial charge in [-0.1, -0.05) is 20.8 Å².